The first kappa shape index (κ1) is 17.9. The summed E-state index contributed by atoms with van der Waals surface area (Å²) in [4.78, 5) is 12.2. The van der Waals surface area contributed by atoms with Gasteiger partial charge >= 0.3 is 0 Å². The van der Waals surface area contributed by atoms with Crippen LogP contribution in [0.2, 0.25) is 0 Å². The molecule has 5 nitrogen and oxygen atoms in total. The number of anilines is 1. The maximum absolute atomic E-state index is 12.2. The van der Waals surface area contributed by atoms with Crippen molar-refractivity contribution >= 4 is 11.6 Å². The number of nitrogens with one attached hydrogen (secondary N) is 1. The third kappa shape index (κ3) is 4.26. The average Bonchev–Trinajstić information content (AvgIpc) is 2.73. The summed E-state index contributed by atoms with van der Waals surface area (Å²) in [6.45, 7) is 3.04. The van der Waals surface area contributed by atoms with Crippen molar-refractivity contribution in [2.24, 2.45) is 0 Å². The first-order valence-corrected chi connectivity index (χ1v) is 9.17. The molecule has 0 unspecified atom stereocenters. The van der Waals surface area contributed by atoms with Crippen LogP contribution in [0.4, 0.5) is 5.69 Å². The fraction of sp³-hybridized carbons (Fsp3) is 0.174. The number of carbonyl (C=O) groups excluding carboxylic acids is 1. The summed E-state index contributed by atoms with van der Waals surface area (Å²) in [5, 5.41) is 2.81. The molecule has 0 radical (unpaired) electrons. The van der Waals surface area contributed by atoms with Gasteiger partial charge in [-0.1, -0.05) is 42.0 Å². The van der Waals surface area contributed by atoms with Crippen molar-refractivity contribution in [1.29, 1.82) is 0 Å². The highest BCUT2D eigenvalue weighted by Crippen LogP contribution is 2.32. The maximum Gasteiger partial charge on any atom is 0.262 e. The number of benzene rings is 3. The fourth-order valence-electron chi connectivity index (χ4n) is 2.96. The van der Waals surface area contributed by atoms with E-state index in [2.05, 4.69) is 36.5 Å². The Bertz CT molecular complexity index is 965. The van der Waals surface area contributed by atoms with E-state index < -0.39 is 0 Å². The molecule has 0 bridgehead atoms. The van der Waals surface area contributed by atoms with Gasteiger partial charge in [-0.3, -0.25) is 4.79 Å². The van der Waals surface area contributed by atoms with Gasteiger partial charge in [0.25, 0.3) is 5.91 Å². The second kappa shape index (κ2) is 8.05. The van der Waals surface area contributed by atoms with Crippen LogP contribution < -0.4 is 19.5 Å². The Morgan fingerprint density at radius 1 is 0.893 bits per heavy atom. The van der Waals surface area contributed by atoms with E-state index in [0.717, 1.165) is 11.1 Å². The quantitative estimate of drug-likeness (QED) is 0.716. The number of rotatable bonds is 5. The molecule has 5 heteroatoms. The Labute approximate surface area is 163 Å². The van der Waals surface area contributed by atoms with Gasteiger partial charge in [-0.25, -0.2) is 0 Å². The third-order valence-corrected chi connectivity index (χ3v) is 4.44. The minimum Gasteiger partial charge on any atom is -0.486 e. The lowest BCUT2D eigenvalue weighted by Crippen LogP contribution is -2.20. The predicted octanol–water partition coefficient (Wildman–Crippen LogP) is 4.45. The van der Waals surface area contributed by atoms with Gasteiger partial charge in [-0.2, -0.15) is 0 Å². The number of hydrogen-bond donors (Lipinski definition) is 1. The van der Waals surface area contributed by atoms with Gasteiger partial charge in [0, 0.05) is 11.8 Å². The molecule has 3 aromatic carbocycles. The smallest absolute Gasteiger partial charge is 0.262 e. The molecule has 0 saturated carbocycles. The molecule has 1 amide bonds. The highest BCUT2D eigenvalue weighted by molar-refractivity contribution is 5.92. The number of hydrogen-bond acceptors (Lipinski definition) is 4. The van der Waals surface area contributed by atoms with Crippen molar-refractivity contribution in [1.82, 2.24) is 0 Å². The van der Waals surface area contributed by atoms with Crippen LogP contribution in [0, 0.1) is 6.92 Å². The Morgan fingerprint density at radius 2 is 1.54 bits per heavy atom. The van der Waals surface area contributed by atoms with E-state index in [4.69, 9.17) is 14.2 Å². The Morgan fingerprint density at radius 3 is 2.25 bits per heavy atom. The molecule has 0 saturated heterocycles. The zero-order chi connectivity index (χ0) is 19.3. The van der Waals surface area contributed by atoms with E-state index in [1.807, 2.05) is 24.3 Å². The highest BCUT2D eigenvalue weighted by atomic mass is 16.6. The fourth-order valence-corrected chi connectivity index (χ4v) is 2.96. The molecule has 1 aliphatic heterocycles. The van der Waals surface area contributed by atoms with Crippen LogP contribution in [0.15, 0.2) is 66.7 Å². The molecule has 4 rings (SSSR count). The lowest BCUT2D eigenvalue weighted by molar-refractivity contribution is -0.118. The van der Waals surface area contributed by atoms with Crippen LogP contribution in [0.3, 0.4) is 0 Å². The monoisotopic (exact) mass is 375 g/mol. The molecule has 0 spiro atoms. The van der Waals surface area contributed by atoms with E-state index in [1.165, 1.54) is 5.56 Å². The summed E-state index contributed by atoms with van der Waals surface area (Å²) >= 11 is 0. The van der Waals surface area contributed by atoms with Crippen molar-refractivity contribution in [3.63, 3.8) is 0 Å². The summed E-state index contributed by atoms with van der Waals surface area (Å²) in [6, 6.07) is 21.4. The second-order valence-corrected chi connectivity index (χ2v) is 6.59. The summed E-state index contributed by atoms with van der Waals surface area (Å²) in [7, 11) is 0. The molecule has 1 aliphatic rings. The van der Waals surface area contributed by atoms with Crippen LogP contribution in [0.25, 0.3) is 11.1 Å². The summed E-state index contributed by atoms with van der Waals surface area (Å²) in [5.74, 6) is 1.73. The molecule has 3 aromatic rings. The van der Waals surface area contributed by atoms with Crippen molar-refractivity contribution in [3.8, 4) is 28.4 Å². The van der Waals surface area contributed by atoms with Gasteiger partial charge in [0.15, 0.2) is 18.1 Å². The molecule has 0 fully saturated rings. The average molecular weight is 375 g/mol. The number of carbonyl (C=O) groups is 1. The lowest BCUT2D eigenvalue weighted by Gasteiger charge is -2.19. The lowest BCUT2D eigenvalue weighted by atomic mass is 10.0. The van der Waals surface area contributed by atoms with Crippen molar-refractivity contribution in [2.75, 3.05) is 25.1 Å². The van der Waals surface area contributed by atoms with E-state index in [-0.39, 0.29) is 12.5 Å². The second-order valence-electron chi connectivity index (χ2n) is 6.59. The highest BCUT2D eigenvalue weighted by Gasteiger charge is 2.13. The minimum atomic E-state index is -0.237. The van der Waals surface area contributed by atoms with E-state index in [1.54, 1.807) is 18.2 Å². The number of aryl methyl sites for hydroxylation is 1. The topological polar surface area (TPSA) is 56.8 Å². The standard InChI is InChI=1S/C23H21NO4/c1-16-2-4-17(5-3-16)18-6-9-20(10-7-18)28-15-23(25)24-19-8-11-21-22(14-19)27-13-12-26-21/h2-11,14H,12-13,15H2,1H3,(H,24,25). The number of amides is 1. The van der Waals surface area contributed by atoms with Gasteiger partial charge in [-0.15, -0.1) is 0 Å². The number of fused-ring (bicyclic) bond motifs is 1. The SMILES string of the molecule is Cc1ccc(-c2ccc(OCC(=O)Nc3ccc4c(c3)OCCO4)cc2)cc1. The van der Waals surface area contributed by atoms with E-state index in [9.17, 15) is 4.79 Å². The van der Waals surface area contributed by atoms with Crippen molar-refractivity contribution in [3.05, 3.63) is 72.3 Å². The normalized spacial score (nSPS) is 12.3. The molecule has 142 valence electrons. The van der Waals surface area contributed by atoms with Crippen LogP contribution in [-0.2, 0) is 4.79 Å². The summed E-state index contributed by atoms with van der Waals surface area (Å²) in [6.07, 6.45) is 0. The first-order chi connectivity index (χ1) is 13.7. The Balaban J connectivity index is 1.32. The summed E-state index contributed by atoms with van der Waals surface area (Å²) < 4.78 is 16.6. The molecule has 0 aromatic heterocycles. The van der Waals surface area contributed by atoms with E-state index >= 15 is 0 Å². The molecular weight excluding hydrogens is 354 g/mol. The zero-order valence-electron chi connectivity index (χ0n) is 15.6. The van der Waals surface area contributed by atoms with Gasteiger partial charge in [0.05, 0.1) is 0 Å². The Hall–Kier alpha value is -3.47. The van der Waals surface area contributed by atoms with Crippen LogP contribution in [-0.4, -0.2) is 25.7 Å². The molecule has 1 N–H and O–H groups in total. The van der Waals surface area contributed by atoms with Crippen LogP contribution >= 0.6 is 0 Å². The van der Waals surface area contributed by atoms with Crippen LogP contribution in [0.5, 0.6) is 17.2 Å². The Kier molecular flexibility index (Phi) is 5.15. The van der Waals surface area contributed by atoms with Gasteiger partial charge < -0.3 is 19.5 Å². The van der Waals surface area contributed by atoms with E-state index in [0.29, 0.717) is 36.1 Å². The maximum atomic E-state index is 12.2. The summed E-state index contributed by atoms with van der Waals surface area (Å²) in [5.41, 5.74) is 4.13. The zero-order valence-corrected chi connectivity index (χ0v) is 15.6. The molecule has 0 aliphatic carbocycles. The third-order valence-electron chi connectivity index (χ3n) is 4.44. The molecule has 28 heavy (non-hydrogen) atoms. The first-order valence-electron chi connectivity index (χ1n) is 9.17. The van der Waals surface area contributed by atoms with Gasteiger partial charge in [0.2, 0.25) is 0 Å². The molecular formula is C23H21NO4. The van der Waals surface area contributed by atoms with Crippen molar-refractivity contribution in [2.45, 2.75) is 6.92 Å². The van der Waals surface area contributed by atoms with Crippen molar-refractivity contribution < 1.29 is 19.0 Å². The van der Waals surface area contributed by atoms with Gasteiger partial charge in [-0.05, 0) is 42.3 Å². The molecule has 0 atom stereocenters. The largest absolute Gasteiger partial charge is 0.486 e. The van der Waals surface area contributed by atoms with Crippen LogP contribution in [0.1, 0.15) is 5.56 Å². The predicted molar refractivity (Wildman–Crippen MR) is 108 cm³/mol. The minimum absolute atomic E-state index is 0.0711. The van der Waals surface area contributed by atoms with Gasteiger partial charge in [0.1, 0.15) is 19.0 Å². The molecule has 1 heterocycles. The number of ether oxygens (including phenoxy) is 3.